The number of hydrogen-bond acceptors (Lipinski definition) is 9. The van der Waals surface area contributed by atoms with E-state index in [9.17, 15) is 8.42 Å². The number of rotatable bonds is 6. The van der Waals surface area contributed by atoms with Gasteiger partial charge in [-0.3, -0.25) is 5.10 Å². The topological polar surface area (TPSA) is 143 Å². The predicted molar refractivity (Wildman–Crippen MR) is 96.4 cm³/mol. The fraction of sp³-hybridized carbons (Fsp3) is 0.133. The Hall–Kier alpha value is -2.99. The first-order valence-corrected chi connectivity index (χ1v) is 10.5. The van der Waals surface area contributed by atoms with Gasteiger partial charge in [0.05, 0.1) is 10.6 Å². The molecule has 0 unspecified atom stereocenters. The molecular formula is C15H13N7O3S2. The van der Waals surface area contributed by atoms with Crippen molar-refractivity contribution in [2.24, 2.45) is 0 Å². The Morgan fingerprint density at radius 2 is 2.00 bits per heavy atom. The molecule has 0 radical (unpaired) electrons. The summed E-state index contributed by atoms with van der Waals surface area (Å²) in [4.78, 5) is 4.60. The van der Waals surface area contributed by atoms with E-state index in [0.29, 0.717) is 39.6 Å². The first-order chi connectivity index (χ1) is 13.0. The summed E-state index contributed by atoms with van der Waals surface area (Å²) < 4.78 is 29.3. The van der Waals surface area contributed by atoms with Crippen molar-refractivity contribution in [3.05, 3.63) is 42.2 Å². The summed E-state index contributed by atoms with van der Waals surface area (Å²) in [7, 11) is -3.29. The number of aromatic nitrogens is 7. The number of nitrogens with zero attached hydrogens (tertiary/aromatic N) is 5. The van der Waals surface area contributed by atoms with Crippen molar-refractivity contribution in [1.82, 2.24) is 35.8 Å². The van der Waals surface area contributed by atoms with Gasteiger partial charge in [0.25, 0.3) is 0 Å². The smallest absolute Gasteiger partial charge is 0.209 e. The SMILES string of the molecule is CS(=O)(=O)c1cccc(-c2ccc(-c3nc(SCc4nn[nH]n4)n[nH]3)o2)c1. The Balaban J connectivity index is 1.53. The van der Waals surface area contributed by atoms with Gasteiger partial charge in [-0.05, 0) is 24.3 Å². The summed E-state index contributed by atoms with van der Waals surface area (Å²) >= 11 is 1.35. The average Bonchev–Trinajstić information content (AvgIpc) is 3.39. The second-order valence-electron chi connectivity index (χ2n) is 5.55. The van der Waals surface area contributed by atoms with Crippen LogP contribution in [0.5, 0.6) is 0 Å². The second-order valence-corrected chi connectivity index (χ2v) is 8.51. The van der Waals surface area contributed by atoms with Crippen LogP contribution in [0.15, 0.2) is 50.9 Å². The Morgan fingerprint density at radius 3 is 2.78 bits per heavy atom. The summed E-state index contributed by atoms with van der Waals surface area (Å²) in [6, 6.07) is 10.1. The number of hydrogen-bond donors (Lipinski definition) is 2. The van der Waals surface area contributed by atoms with Crippen molar-refractivity contribution in [3.63, 3.8) is 0 Å². The molecule has 0 spiro atoms. The van der Waals surface area contributed by atoms with Gasteiger partial charge < -0.3 is 4.42 Å². The minimum atomic E-state index is -3.29. The minimum absolute atomic E-state index is 0.234. The van der Waals surface area contributed by atoms with Gasteiger partial charge in [0.15, 0.2) is 27.2 Å². The zero-order valence-electron chi connectivity index (χ0n) is 13.9. The number of nitrogens with one attached hydrogen (secondary N) is 2. The molecule has 10 nitrogen and oxygen atoms in total. The number of thioether (sulfide) groups is 1. The van der Waals surface area contributed by atoms with Gasteiger partial charge in [-0.15, -0.1) is 15.3 Å². The lowest BCUT2D eigenvalue weighted by Crippen LogP contribution is -1.96. The van der Waals surface area contributed by atoms with E-state index >= 15 is 0 Å². The van der Waals surface area contributed by atoms with Gasteiger partial charge in [-0.2, -0.15) is 10.2 Å². The number of sulfone groups is 1. The van der Waals surface area contributed by atoms with Crippen LogP contribution in [0.25, 0.3) is 22.9 Å². The van der Waals surface area contributed by atoms with Gasteiger partial charge >= 0.3 is 0 Å². The quantitative estimate of drug-likeness (QED) is 0.461. The molecule has 138 valence electrons. The molecule has 0 fully saturated rings. The Morgan fingerprint density at radius 1 is 1.15 bits per heavy atom. The molecule has 0 bridgehead atoms. The third-order valence-electron chi connectivity index (χ3n) is 3.57. The van der Waals surface area contributed by atoms with E-state index < -0.39 is 9.84 Å². The number of H-pyrrole nitrogens is 2. The molecule has 2 N–H and O–H groups in total. The van der Waals surface area contributed by atoms with E-state index in [1.165, 1.54) is 18.0 Å². The Kier molecular flexibility index (Phi) is 4.49. The molecule has 3 aromatic heterocycles. The van der Waals surface area contributed by atoms with Crippen LogP contribution in [0.3, 0.4) is 0 Å². The molecule has 4 aromatic rings. The van der Waals surface area contributed by atoms with Gasteiger partial charge in [0, 0.05) is 11.8 Å². The second kappa shape index (κ2) is 6.96. The first kappa shape index (κ1) is 17.4. The first-order valence-electron chi connectivity index (χ1n) is 7.67. The lowest BCUT2D eigenvalue weighted by atomic mass is 10.2. The van der Waals surface area contributed by atoms with Gasteiger partial charge in [-0.1, -0.05) is 29.1 Å². The monoisotopic (exact) mass is 403 g/mol. The molecule has 27 heavy (non-hydrogen) atoms. The van der Waals surface area contributed by atoms with Crippen LogP contribution in [0.1, 0.15) is 5.82 Å². The van der Waals surface area contributed by atoms with Crippen molar-refractivity contribution in [2.45, 2.75) is 15.8 Å². The average molecular weight is 403 g/mol. The standard InChI is InChI=1S/C15H13N7O3S2/c1-27(23,24)10-4-2-3-9(7-10)11-5-6-12(25-11)14-16-15(20-19-14)26-8-13-17-21-22-18-13/h2-7H,8H2,1H3,(H,16,19,20)(H,17,18,21,22). The van der Waals surface area contributed by atoms with E-state index in [1.807, 2.05) is 0 Å². The number of benzene rings is 1. The fourth-order valence-corrected chi connectivity index (χ4v) is 3.61. The fourth-order valence-electron chi connectivity index (χ4n) is 2.29. The van der Waals surface area contributed by atoms with E-state index in [-0.39, 0.29) is 4.90 Å². The molecular weight excluding hydrogens is 390 g/mol. The summed E-state index contributed by atoms with van der Waals surface area (Å²) in [5.74, 6) is 2.53. The zero-order valence-corrected chi connectivity index (χ0v) is 15.6. The molecule has 4 rings (SSSR count). The molecule has 0 aliphatic rings. The number of tetrazole rings is 1. The molecule has 0 saturated heterocycles. The molecule has 12 heteroatoms. The van der Waals surface area contributed by atoms with Crippen LogP contribution in [0.2, 0.25) is 0 Å². The third-order valence-corrected chi connectivity index (χ3v) is 5.52. The summed E-state index contributed by atoms with van der Waals surface area (Å²) in [5.41, 5.74) is 0.662. The highest BCUT2D eigenvalue weighted by molar-refractivity contribution is 7.98. The Bertz CT molecular complexity index is 1170. The maximum Gasteiger partial charge on any atom is 0.209 e. The van der Waals surface area contributed by atoms with E-state index in [0.717, 1.165) is 0 Å². The van der Waals surface area contributed by atoms with E-state index in [2.05, 4.69) is 35.8 Å². The molecule has 3 heterocycles. The molecule has 0 amide bonds. The van der Waals surface area contributed by atoms with E-state index in [4.69, 9.17) is 4.42 Å². The van der Waals surface area contributed by atoms with Crippen LogP contribution in [0.4, 0.5) is 0 Å². The Labute approximate surface area is 157 Å². The highest BCUT2D eigenvalue weighted by Crippen LogP contribution is 2.29. The maximum absolute atomic E-state index is 11.7. The van der Waals surface area contributed by atoms with E-state index in [1.54, 1.807) is 36.4 Å². The van der Waals surface area contributed by atoms with Gasteiger partial charge in [0.1, 0.15) is 5.76 Å². The lowest BCUT2D eigenvalue weighted by molar-refractivity contribution is 0.591. The highest BCUT2D eigenvalue weighted by atomic mass is 32.2. The van der Waals surface area contributed by atoms with Crippen molar-refractivity contribution in [2.75, 3.05) is 6.26 Å². The molecule has 0 atom stereocenters. The number of furan rings is 1. The van der Waals surface area contributed by atoms with Crippen molar-refractivity contribution < 1.29 is 12.8 Å². The summed E-state index contributed by atoms with van der Waals surface area (Å²) in [6.45, 7) is 0. The predicted octanol–water partition coefficient (Wildman–Crippen LogP) is 1.94. The molecule has 0 aliphatic heterocycles. The van der Waals surface area contributed by atoms with Crippen LogP contribution in [0, 0.1) is 0 Å². The van der Waals surface area contributed by atoms with Crippen molar-refractivity contribution >= 4 is 21.6 Å². The highest BCUT2D eigenvalue weighted by Gasteiger charge is 2.14. The summed E-state index contributed by atoms with van der Waals surface area (Å²) in [5, 5.41) is 21.1. The van der Waals surface area contributed by atoms with Crippen molar-refractivity contribution in [3.8, 4) is 22.9 Å². The van der Waals surface area contributed by atoms with Crippen LogP contribution < -0.4 is 0 Å². The van der Waals surface area contributed by atoms with Crippen LogP contribution in [-0.2, 0) is 15.6 Å². The molecule has 0 aliphatic carbocycles. The zero-order chi connectivity index (χ0) is 18.9. The maximum atomic E-state index is 11.7. The lowest BCUT2D eigenvalue weighted by Gasteiger charge is -2.01. The number of aromatic amines is 2. The summed E-state index contributed by atoms with van der Waals surface area (Å²) in [6.07, 6.45) is 1.17. The van der Waals surface area contributed by atoms with Crippen molar-refractivity contribution in [1.29, 1.82) is 0 Å². The minimum Gasteiger partial charge on any atom is -0.453 e. The van der Waals surface area contributed by atoms with Crippen LogP contribution >= 0.6 is 11.8 Å². The largest absolute Gasteiger partial charge is 0.453 e. The molecule has 0 saturated carbocycles. The van der Waals surface area contributed by atoms with Gasteiger partial charge in [0.2, 0.25) is 5.16 Å². The third kappa shape index (κ3) is 3.90. The van der Waals surface area contributed by atoms with Gasteiger partial charge in [-0.25, -0.2) is 8.42 Å². The molecule has 1 aromatic carbocycles. The van der Waals surface area contributed by atoms with Crippen LogP contribution in [-0.4, -0.2) is 50.5 Å². The normalized spacial score (nSPS) is 11.7.